The fraction of sp³-hybridized carbons (Fsp3) is 0. The van der Waals surface area contributed by atoms with E-state index in [0.717, 1.165) is 15.8 Å². The van der Waals surface area contributed by atoms with Crippen LogP contribution in [0.5, 0.6) is 0 Å². The van der Waals surface area contributed by atoms with Gasteiger partial charge in [0.15, 0.2) is 0 Å². The van der Waals surface area contributed by atoms with E-state index in [1.54, 1.807) is 16.8 Å². The minimum atomic E-state index is 0.857. The summed E-state index contributed by atoms with van der Waals surface area (Å²) in [4.78, 5) is 4.14. The second kappa shape index (κ2) is 2.91. The number of rotatable bonds is 1. The highest BCUT2D eigenvalue weighted by atomic mass is 32.1. The Hall–Kier alpha value is -1.42. The summed E-state index contributed by atoms with van der Waals surface area (Å²) >= 11 is 1.60. The van der Waals surface area contributed by atoms with Crippen LogP contribution in [0.15, 0.2) is 28.9 Å². The Morgan fingerprint density at radius 1 is 1.50 bits per heavy atom. The Morgan fingerprint density at radius 3 is 3.25 bits per heavy atom. The van der Waals surface area contributed by atoms with Gasteiger partial charge in [-0.3, -0.25) is 0 Å². The van der Waals surface area contributed by atoms with Gasteiger partial charge in [0.25, 0.3) is 0 Å². The first-order valence-electron chi connectivity index (χ1n) is 3.41. The van der Waals surface area contributed by atoms with Gasteiger partial charge in [-0.05, 0) is 17.7 Å². The molecule has 0 fully saturated rings. The summed E-state index contributed by atoms with van der Waals surface area (Å²) in [5.74, 6) is 0. The number of thiazole rings is 1. The first kappa shape index (κ1) is 7.24. The summed E-state index contributed by atoms with van der Waals surface area (Å²) in [7, 11) is 0. The van der Waals surface area contributed by atoms with Gasteiger partial charge >= 0.3 is 0 Å². The van der Waals surface area contributed by atoms with Crippen LogP contribution < -0.4 is 0 Å². The molecule has 2 rings (SSSR count). The number of hydrogen-bond donors (Lipinski definition) is 1. The van der Waals surface area contributed by atoms with Crippen molar-refractivity contribution in [1.29, 1.82) is 0 Å². The van der Waals surface area contributed by atoms with E-state index >= 15 is 0 Å². The van der Waals surface area contributed by atoms with Crippen molar-refractivity contribution in [2.24, 2.45) is 5.16 Å². The fourth-order valence-corrected chi connectivity index (χ4v) is 1.68. The lowest BCUT2D eigenvalue weighted by atomic mass is 10.2. The van der Waals surface area contributed by atoms with Crippen LogP contribution in [0.1, 0.15) is 5.56 Å². The molecule has 0 aliphatic carbocycles. The molecule has 12 heavy (non-hydrogen) atoms. The number of aromatic nitrogens is 1. The van der Waals surface area contributed by atoms with Crippen LogP contribution in [-0.2, 0) is 0 Å². The lowest BCUT2D eigenvalue weighted by Gasteiger charge is -1.90. The molecule has 60 valence electrons. The molecule has 0 unspecified atom stereocenters. The number of hydrogen-bond acceptors (Lipinski definition) is 4. The lowest BCUT2D eigenvalue weighted by molar-refractivity contribution is 0.322. The number of nitrogens with zero attached hydrogens (tertiary/aromatic N) is 2. The molecule has 2 aromatic rings. The largest absolute Gasteiger partial charge is 0.411 e. The minimum absolute atomic E-state index is 0.857. The maximum atomic E-state index is 8.29. The van der Waals surface area contributed by atoms with Gasteiger partial charge in [-0.1, -0.05) is 11.2 Å². The molecule has 0 aliphatic heterocycles. The topological polar surface area (TPSA) is 45.5 Å². The Bertz CT molecular complexity index is 422. The molecule has 1 heterocycles. The average molecular weight is 178 g/mol. The van der Waals surface area contributed by atoms with Crippen LogP contribution in [0.4, 0.5) is 0 Å². The van der Waals surface area contributed by atoms with E-state index in [0.29, 0.717) is 0 Å². The van der Waals surface area contributed by atoms with Gasteiger partial charge in [0.05, 0.1) is 21.9 Å². The van der Waals surface area contributed by atoms with Crippen molar-refractivity contribution in [3.8, 4) is 0 Å². The molecule has 0 atom stereocenters. The van der Waals surface area contributed by atoms with Gasteiger partial charge in [-0.2, -0.15) is 0 Å². The smallest absolute Gasteiger partial charge is 0.0818 e. The SMILES string of the molecule is O/N=C/c1ccc2scnc2c1. The lowest BCUT2D eigenvalue weighted by Crippen LogP contribution is -1.79. The van der Waals surface area contributed by atoms with E-state index in [1.165, 1.54) is 6.21 Å². The third-order valence-corrected chi connectivity index (χ3v) is 2.37. The van der Waals surface area contributed by atoms with E-state index < -0.39 is 0 Å². The summed E-state index contributed by atoms with van der Waals surface area (Å²) < 4.78 is 1.14. The maximum Gasteiger partial charge on any atom is 0.0818 e. The summed E-state index contributed by atoms with van der Waals surface area (Å²) in [6.45, 7) is 0. The van der Waals surface area contributed by atoms with Crippen molar-refractivity contribution in [2.75, 3.05) is 0 Å². The second-order valence-corrected chi connectivity index (χ2v) is 3.21. The van der Waals surface area contributed by atoms with Gasteiger partial charge < -0.3 is 5.21 Å². The van der Waals surface area contributed by atoms with Crippen molar-refractivity contribution in [3.63, 3.8) is 0 Å². The van der Waals surface area contributed by atoms with Gasteiger partial charge in [-0.25, -0.2) is 4.98 Å². The first-order chi connectivity index (χ1) is 5.90. The standard InChI is InChI=1S/C8H6N2OS/c11-10-4-6-1-2-8-7(3-6)9-5-12-8/h1-5,11H/b10-4+. The number of fused-ring (bicyclic) bond motifs is 1. The summed E-state index contributed by atoms with van der Waals surface area (Å²) in [6, 6.07) is 5.73. The highest BCUT2D eigenvalue weighted by Crippen LogP contribution is 2.17. The van der Waals surface area contributed by atoms with Gasteiger partial charge in [0.1, 0.15) is 0 Å². The summed E-state index contributed by atoms with van der Waals surface area (Å²) in [5, 5.41) is 11.2. The summed E-state index contributed by atoms with van der Waals surface area (Å²) in [5.41, 5.74) is 3.60. The van der Waals surface area contributed by atoms with E-state index in [9.17, 15) is 0 Å². The molecule has 1 N–H and O–H groups in total. The Balaban J connectivity index is 2.60. The Morgan fingerprint density at radius 2 is 2.42 bits per heavy atom. The molecule has 0 aliphatic rings. The van der Waals surface area contributed by atoms with Crippen molar-refractivity contribution >= 4 is 27.8 Å². The normalized spacial score (nSPS) is 11.3. The van der Waals surface area contributed by atoms with E-state index in [1.807, 2.05) is 18.2 Å². The van der Waals surface area contributed by atoms with Crippen LogP contribution >= 0.6 is 11.3 Å². The highest BCUT2D eigenvalue weighted by molar-refractivity contribution is 7.16. The monoisotopic (exact) mass is 178 g/mol. The zero-order valence-corrected chi connectivity index (χ0v) is 6.95. The highest BCUT2D eigenvalue weighted by Gasteiger charge is 1.95. The molecule has 0 amide bonds. The predicted octanol–water partition coefficient (Wildman–Crippen LogP) is 2.10. The molecule has 0 saturated heterocycles. The molecule has 0 saturated carbocycles. The quantitative estimate of drug-likeness (QED) is 0.413. The molecular formula is C8H6N2OS. The third kappa shape index (κ3) is 1.16. The summed E-state index contributed by atoms with van der Waals surface area (Å²) in [6.07, 6.45) is 1.39. The fourth-order valence-electron chi connectivity index (χ4n) is 1.02. The van der Waals surface area contributed by atoms with Gasteiger partial charge in [0.2, 0.25) is 0 Å². The minimum Gasteiger partial charge on any atom is -0.411 e. The maximum absolute atomic E-state index is 8.29. The van der Waals surface area contributed by atoms with Crippen LogP contribution in [0.2, 0.25) is 0 Å². The average Bonchev–Trinajstić information content (AvgIpc) is 2.51. The van der Waals surface area contributed by atoms with Crippen LogP contribution in [0, 0.1) is 0 Å². The molecular weight excluding hydrogens is 172 g/mol. The van der Waals surface area contributed by atoms with Gasteiger partial charge in [-0.15, -0.1) is 11.3 Å². The Kier molecular flexibility index (Phi) is 1.75. The Labute approximate surface area is 73.0 Å². The molecule has 0 bridgehead atoms. The van der Waals surface area contributed by atoms with Crippen LogP contribution in [0.3, 0.4) is 0 Å². The van der Waals surface area contributed by atoms with Crippen molar-refractivity contribution < 1.29 is 5.21 Å². The number of oxime groups is 1. The van der Waals surface area contributed by atoms with Crippen molar-refractivity contribution in [1.82, 2.24) is 4.98 Å². The molecule has 1 aromatic carbocycles. The third-order valence-electron chi connectivity index (χ3n) is 1.56. The predicted molar refractivity (Wildman–Crippen MR) is 49.0 cm³/mol. The van der Waals surface area contributed by atoms with Crippen LogP contribution in [-0.4, -0.2) is 16.4 Å². The van der Waals surface area contributed by atoms with E-state index in [2.05, 4.69) is 10.1 Å². The van der Waals surface area contributed by atoms with Crippen LogP contribution in [0.25, 0.3) is 10.2 Å². The second-order valence-electron chi connectivity index (χ2n) is 2.32. The zero-order chi connectivity index (χ0) is 8.39. The van der Waals surface area contributed by atoms with Gasteiger partial charge in [0, 0.05) is 0 Å². The molecule has 0 spiro atoms. The van der Waals surface area contributed by atoms with E-state index in [4.69, 9.17) is 5.21 Å². The zero-order valence-electron chi connectivity index (χ0n) is 6.14. The first-order valence-corrected chi connectivity index (χ1v) is 4.29. The van der Waals surface area contributed by atoms with Crippen molar-refractivity contribution in [3.05, 3.63) is 29.3 Å². The molecule has 1 aromatic heterocycles. The molecule has 4 heteroatoms. The van der Waals surface area contributed by atoms with E-state index in [-0.39, 0.29) is 0 Å². The molecule has 3 nitrogen and oxygen atoms in total. The molecule has 0 radical (unpaired) electrons. The number of benzene rings is 1. The van der Waals surface area contributed by atoms with Crippen molar-refractivity contribution in [2.45, 2.75) is 0 Å².